The molecule has 2 aromatic rings. The largest absolute Gasteiger partial charge is 0.481 e. The number of hydrogen-bond acceptors (Lipinski definition) is 4. The number of nitrogens with zero attached hydrogens (tertiary/aromatic N) is 2. The summed E-state index contributed by atoms with van der Waals surface area (Å²) >= 11 is 6.17. The molecule has 1 aromatic heterocycles. The van der Waals surface area contributed by atoms with Gasteiger partial charge in [0.05, 0.1) is 11.4 Å². The Hall–Kier alpha value is -1.88. The molecule has 0 radical (unpaired) electrons. The van der Waals surface area contributed by atoms with Crippen LogP contribution in [-0.2, 0) is 4.79 Å². The lowest BCUT2D eigenvalue weighted by atomic mass is 9.61. The van der Waals surface area contributed by atoms with Crippen LogP contribution in [0.4, 0.5) is 5.82 Å². The molecule has 2 unspecified atom stereocenters. The lowest BCUT2D eigenvalue weighted by molar-refractivity contribution is -0.148. The predicted molar refractivity (Wildman–Crippen MR) is 98.0 cm³/mol. The summed E-state index contributed by atoms with van der Waals surface area (Å²) in [5.74, 6) is 0.224. The maximum atomic E-state index is 11.9. The average Bonchev–Trinajstić information content (AvgIpc) is 2.59. The Balaban J connectivity index is 1.77. The van der Waals surface area contributed by atoms with Gasteiger partial charge in [0.25, 0.3) is 0 Å². The first-order chi connectivity index (χ1) is 12.0. The van der Waals surface area contributed by atoms with Crippen molar-refractivity contribution in [3.8, 4) is 0 Å². The van der Waals surface area contributed by atoms with E-state index in [1.165, 1.54) is 0 Å². The maximum absolute atomic E-state index is 11.9. The third-order valence-electron chi connectivity index (χ3n) is 6.17. The van der Waals surface area contributed by atoms with Crippen LogP contribution in [0, 0.1) is 31.6 Å². The molecule has 2 N–H and O–H groups in total. The minimum atomic E-state index is -0.705. The number of aryl methyl sites for hydroxylation is 2. The van der Waals surface area contributed by atoms with Crippen LogP contribution in [0.3, 0.4) is 0 Å². The number of fused-ring (bicyclic) bond motifs is 4. The molecule has 3 aliphatic carbocycles. The normalized spacial score (nSPS) is 28.3. The van der Waals surface area contributed by atoms with Gasteiger partial charge in [-0.3, -0.25) is 4.79 Å². The molecule has 3 fully saturated rings. The number of benzene rings is 1. The lowest BCUT2D eigenvalue weighted by Crippen LogP contribution is -2.51. The molecule has 3 aliphatic rings. The lowest BCUT2D eigenvalue weighted by Gasteiger charge is -2.47. The summed E-state index contributed by atoms with van der Waals surface area (Å²) < 4.78 is 0. The molecule has 5 nitrogen and oxygen atoms in total. The zero-order chi connectivity index (χ0) is 17.7. The van der Waals surface area contributed by atoms with Crippen LogP contribution in [0.5, 0.6) is 0 Å². The average molecular weight is 360 g/mol. The van der Waals surface area contributed by atoms with E-state index >= 15 is 0 Å². The molecule has 0 aliphatic heterocycles. The first-order valence-corrected chi connectivity index (χ1v) is 9.26. The minimum Gasteiger partial charge on any atom is -0.481 e. The van der Waals surface area contributed by atoms with Gasteiger partial charge < -0.3 is 10.4 Å². The van der Waals surface area contributed by atoms with Crippen molar-refractivity contribution in [2.24, 2.45) is 17.8 Å². The van der Waals surface area contributed by atoms with Crippen LogP contribution in [0.1, 0.15) is 36.8 Å². The molecule has 0 spiro atoms. The molecule has 3 saturated carbocycles. The second-order valence-corrected chi connectivity index (χ2v) is 7.79. The van der Waals surface area contributed by atoms with Gasteiger partial charge in [0, 0.05) is 11.4 Å². The van der Waals surface area contributed by atoms with Crippen molar-refractivity contribution in [2.75, 3.05) is 5.32 Å². The molecule has 2 bridgehead atoms. The van der Waals surface area contributed by atoms with Crippen LogP contribution >= 0.6 is 11.6 Å². The number of carboxylic acid groups (broad SMARTS) is 1. The maximum Gasteiger partial charge on any atom is 0.308 e. The Morgan fingerprint density at radius 3 is 2.52 bits per heavy atom. The zero-order valence-electron chi connectivity index (χ0n) is 14.4. The Morgan fingerprint density at radius 2 is 1.84 bits per heavy atom. The van der Waals surface area contributed by atoms with E-state index in [0.717, 1.165) is 47.7 Å². The standard InChI is InChI=1S/C19H22ClN3O2/c1-9-3-8-13-15(10(9)2)22-19(20)23-17(13)21-16-12-6-4-11(5-7-12)14(16)18(24)25/h3,8,11-12,14,16H,4-7H2,1-2H3,(H,24,25)(H,21,22,23). The molecule has 25 heavy (non-hydrogen) atoms. The van der Waals surface area contributed by atoms with Crippen LogP contribution in [0.25, 0.3) is 10.9 Å². The summed E-state index contributed by atoms with van der Waals surface area (Å²) in [6, 6.07) is 3.94. The quantitative estimate of drug-likeness (QED) is 0.803. The third kappa shape index (κ3) is 2.74. The zero-order valence-corrected chi connectivity index (χ0v) is 15.2. The Kier molecular flexibility index (Phi) is 4.07. The Labute approximate surface area is 151 Å². The number of carboxylic acids is 1. The molecule has 1 aromatic carbocycles. The highest BCUT2D eigenvalue weighted by atomic mass is 35.5. The molecule has 5 rings (SSSR count). The summed E-state index contributed by atoms with van der Waals surface area (Å²) in [5, 5.41) is 14.3. The van der Waals surface area contributed by atoms with Crippen LogP contribution in [0.2, 0.25) is 5.28 Å². The highest BCUT2D eigenvalue weighted by Crippen LogP contribution is 2.46. The van der Waals surface area contributed by atoms with Gasteiger partial charge in [-0.2, -0.15) is 0 Å². The van der Waals surface area contributed by atoms with E-state index in [2.05, 4.69) is 15.3 Å². The highest BCUT2D eigenvalue weighted by molar-refractivity contribution is 6.28. The number of halogens is 1. The van der Waals surface area contributed by atoms with Crippen LogP contribution in [-0.4, -0.2) is 27.1 Å². The minimum absolute atomic E-state index is 0.0965. The molecular formula is C19H22ClN3O2. The molecule has 6 heteroatoms. The van der Waals surface area contributed by atoms with Crippen molar-refractivity contribution in [1.29, 1.82) is 0 Å². The van der Waals surface area contributed by atoms with E-state index < -0.39 is 5.97 Å². The fraction of sp³-hybridized carbons (Fsp3) is 0.526. The van der Waals surface area contributed by atoms with E-state index in [1.54, 1.807) is 0 Å². The van der Waals surface area contributed by atoms with Crippen molar-refractivity contribution in [2.45, 2.75) is 45.6 Å². The SMILES string of the molecule is Cc1ccc2c(NC3C4CCC(CC4)C3C(=O)O)nc(Cl)nc2c1C. The molecular weight excluding hydrogens is 338 g/mol. The Morgan fingerprint density at radius 1 is 1.16 bits per heavy atom. The van der Waals surface area contributed by atoms with Gasteiger partial charge in [-0.15, -0.1) is 0 Å². The fourth-order valence-electron chi connectivity index (χ4n) is 4.69. The summed E-state index contributed by atoms with van der Waals surface area (Å²) in [6.07, 6.45) is 4.20. The number of rotatable bonds is 3. The van der Waals surface area contributed by atoms with Gasteiger partial charge in [-0.1, -0.05) is 6.07 Å². The smallest absolute Gasteiger partial charge is 0.308 e. The third-order valence-corrected chi connectivity index (χ3v) is 6.34. The van der Waals surface area contributed by atoms with Gasteiger partial charge in [-0.05, 0) is 80.2 Å². The molecule has 1 heterocycles. The van der Waals surface area contributed by atoms with Crippen molar-refractivity contribution >= 4 is 34.3 Å². The van der Waals surface area contributed by atoms with Gasteiger partial charge >= 0.3 is 5.97 Å². The summed E-state index contributed by atoms with van der Waals surface area (Å²) in [4.78, 5) is 20.7. The van der Waals surface area contributed by atoms with Crippen LogP contribution in [0.15, 0.2) is 12.1 Å². The van der Waals surface area contributed by atoms with Gasteiger partial charge in [0.1, 0.15) is 5.82 Å². The second kappa shape index (κ2) is 6.13. The molecule has 0 amide bonds. The Bertz CT molecular complexity index is 846. The topological polar surface area (TPSA) is 75.1 Å². The second-order valence-electron chi connectivity index (χ2n) is 7.45. The summed E-state index contributed by atoms with van der Waals surface area (Å²) in [6.45, 7) is 4.06. The summed E-state index contributed by atoms with van der Waals surface area (Å²) in [7, 11) is 0. The van der Waals surface area contributed by atoms with E-state index in [4.69, 9.17) is 11.6 Å². The van der Waals surface area contributed by atoms with E-state index in [9.17, 15) is 9.90 Å². The molecule has 0 saturated heterocycles. The monoisotopic (exact) mass is 359 g/mol. The molecule has 132 valence electrons. The first kappa shape index (κ1) is 16.6. The number of anilines is 1. The van der Waals surface area contributed by atoms with Gasteiger partial charge in [0.2, 0.25) is 5.28 Å². The van der Waals surface area contributed by atoms with Crippen molar-refractivity contribution < 1.29 is 9.90 Å². The number of aliphatic carboxylic acids is 1. The first-order valence-electron chi connectivity index (χ1n) is 8.88. The summed E-state index contributed by atoms with van der Waals surface area (Å²) in [5.41, 5.74) is 3.05. The molecule has 2 atom stereocenters. The van der Waals surface area contributed by atoms with Crippen molar-refractivity contribution in [3.05, 3.63) is 28.5 Å². The van der Waals surface area contributed by atoms with E-state index in [-0.39, 0.29) is 23.2 Å². The number of aromatic nitrogens is 2. The van der Waals surface area contributed by atoms with E-state index in [0.29, 0.717) is 11.7 Å². The van der Waals surface area contributed by atoms with Crippen LogP contribution < -0.4 is 5.32 Å². The number of nitrogens with one attached hydrogen (secondary N) is 1. The number of hydrogen-bond donors (Lipinski definition) is 2. The van der Waals surface area contributed by atoms with Gasteiger partial charge in [-0.25, -0.2) is 9.97 Å². The van der Waals surface area contributed by atoms with Crippen molar-refractivity contribution in [3.63, 3.8) is 0 Å². The highest BCUT2D eigenvalue weighted by Gasteiger charge is 2.47. The number of carbonyl (C=O) groups is 1. The van der Waals surface area contributed by atoms with E-state index in [1.807, 2.05) is 26.0 Å². The van der Waals surface area contributed by atoms with Gasteiger partial charge in [0.15, 0.2) is 0 Å². The predicted octanol–water partition coefficient (Wildman–Crippen LogP) is 4.20. The fourth-order valence-corrected chi connectivity index (χ4v) is 4.86. The van der Waals surface area contributed by atoms with Crippen molar-refractivity contribution in [1.82, 2.24) is 9.97 Å².